The van der Waals surface area contributed by atoms with E-state index in [2.05, 4.69) is 17.0 Å². The molecule has 4 heteroatoms. The molecular weight excluding hydrogens is 420 g/mol. The molecule has 0 aliphatic heterocycles. The first-order valence-electron chi connectivity index (χ1n) is 12.9. The second-order valence-corrected chi connectivity index (χ2v) is 9.99. The van der Waals surface area contributed by atoms with Crippen LogP contribution in [-0.2, 0) is 0 Å². The largest absolute Gasteiger partial charge is 0.366 e. The minimum Gasteiger partial charge on any atom is -0.366 e. The Morgan fingerprint density at radius 3 is 1.91 bits per heavy atom. The molecule has 2 fully saturated rings. The van der Waals surface area contributed by atoms with E-state index in [1.807, 2.05) is 42.5 Å². The molecule has 0 saturated heterocycles. The van der Waals surface area contributed by atoms with Crippen molar-refractivity contribution in [3.8, 4) is 11.1 Å². The van der Waals surface area contributed by atoms with Gasteiger partial charge in [0.25, 0.3) is 5.91 Å². The van der Waals surface area contributed by atoms with Gasteiger partial charge in [0.05, 0.1) is 0 Å². The molecular formula is C30H34N2O2. The van der Waals surface area contributed by atoms with Crippen LogP contribution in [0.25, 0.3) is 21.9 Å². The summed E-state index contributed by atoms with van der Waals surface area (Å²) in [4.78, 5) is 28.3. The van der Waals surface area contributed by atoms with Crippen molar-refractivity contribution in [3.63, 3.8) is 0 Å². The van der Waals surface area contributed by atoms with Crippen LogP contribution in [-0.4, -0.2) is 28.8 Å². The fraction of sp³-hybridized carbons (Fsp3) is 0.400. The van der Waals surface area contributed by atoms with Gasteiger partial charge in [0.1, 0.15) is 0 Å². The van der Waals surface area contributed by atoms with Crippen LogP contribution < -0.4 is 5.73 Å². The fourth-order valence-corrected chi connectivity index (χ4v) is 5.99. The third-order valence-corrected chi connectivity index (χ3v) is 7.74. The number of nitrogens with two attached hydrogens (primary N) is 1. The van der Waals surface area contributed by atoms with Gasteiger partial charge in [0.15, 0.2) is 0 Å². The van der Waals surface area contributed by atoms with E-state index in [1.54, 1.807) is 6.07 Å². The number of amides is 2. The van der Waals surface area contributed by atoms with Crippen LogP contribution in [0.5, 0.6) is 0 Å². The lowest BCUT2D eigenvalue weighted by Crippen LogP contribution is -2.48. The molecule has 0 spiro atoms. The van der Waals surface area contributed by atoms with Crippen LogP contribution in [0.2, 0.25) is 0 Å². The van der Waals surface area contributed by atoms with Crippen LogP contribution in [0.4, 0.5) is 0 Å². The molecule has 2 aliphatic carbocycles. The van der Waals surface area contributed by atoms with Crippen molar-refractivity contribution < 1.29 is 9.59 Å². The molecule has 3 aromatic rings. The smallest absolute Gasteiger partial charge is 0.254 e. The predicted octanol–water partition coefficient (Wildman–Crippen LogP) is 6.71. The van der Waals surface area contributed by atoms with E-state index < -0.39 is 5.91 Å². The number of primary amides is 1. The number of carbonyl (C=O) groups excluding carboxylic acids is 2. The molecule has 2 amide bonds. The summed E-state index contributed by atoms with van der Waals surface area (Å²) >= 11 is 0. The number of nitrogens with zero attached hydrogens (tertiary/aromatic N) is 1. The van der Waals surface area contributed by atoms with Crippen LogP contribution in [0.3, 0.4) is 0 Å². The van der Waals surface area contributed by atoms with Crippen LogP contribution in [0.15, 0.2) is 60.7 Å². The highest BCUT2D eigenvalue weighted by molar-refractivity contribution is 6.07. The van der Waals surface area contributed by atoms with Gasteiger partial charge in [-0.15, -0.1) is 0 Å². The van der Waals surface area contributed by atoms with Crippen molar-refractivity contribution in [2.45, 2.75) is 76.3 Å². The topological polar surface area (TPSA) is 63.4 Å². The normalized spacial score (nSPS) is 17.5. The molecule has 2 saturated carbocycles. The van der Waals surface area contributed by atoms with Crippen LogP contribution >= 0.6 is 0 Å². The standard InChI is InChI=1S/C30H34N2O2/c31-29(33)23-17-16-22-18-24(20-27(28(22)19-23)21-10-4-1-5-11-21)30(34)32(25-12-6-2-7-13-25)26-14-8-3-9-15-26/h1,4-5,10-11,16-20,25-26H,2-3,6-9,12-15H2,(H2,31,33). The summed E-state index contributed by atoms with van der Waals surface area (Å²) in [5.74, 6) is -0.279. The van der Waals surface area contributed by atoms with E-state index in [1.165, 1.54) is 38.5 Å². The summed E-state index contributed by atoms with van der Waals surface area (Å²) in [6.45, 7) is 0. The summed E-state index contributed by atoms with van der Waals surface area (Å²) in [5, 5.41) is 1.91. The van der Waals surface area contributed by atoms with Crippen molar-refractivity contribution in [2.24, 2.45) is 5.73 Å². The second kappa shape index (κ2) is 10.0. The molecule has 0 aromatic heterocycles. The number of hydrogen-bond donors (Lipinski definition) is 1. The fourth-order valence-electron chi connectivity index (χ4n) is 5.99. The highest BCUT2D eigenvalue weighted by Gasteiger charge is 2.33. The Labute approximate surface area is 202 Å². The third-order valence-electron chi connectivity index (χ3n) is 7.74. The zero-order chi connectivity index (χ0) is 23.5. The maximum atomic E-state index is 14.2. The molecule has 5 rings (SSSR count). The van der Waals surface area contributed by atoms with E-state index in [9.17, 15) is 9.59 Å². The Bertz CT molecular complexity index is 1160. The minimum atomic E-state index is -0.443. The van der Waals surface area contributed by atoms with Crippen molar-refractivity contribution in [3.05, 3.63) is 71.8 Å². The highest BCUT2D eigenvalue weighted by Crippen LogP contribution is 2.35. The summed E-state index contributed by atoms with van der Waals surface area (Å²) in [6.07, 6.45) is 11.9. The first-order chi connectivity index (χ1) is 16.6. The highest BCUT2D eigenvalue weighted by atomic mass is 16.2. The van der Waals surface area contributed by atoms with E-state index in [4.69, 9.17) is 5.73 Å². The van der Waals surface area contributed by atoms with Crippen LogP contribution in [0, 0.1) is 0 Å². The average Bonchev–Trinajstić information content (AvgIpc) is 2.89. The summed E-state index contributed by atoms with van der Waals surface area (Å²) < 4.78 is 0. The van der Waals surface area contributed by atoms with Gasteiger partial charge in [-0.3, -0.25) is 9.59 Å². The lowest BCUT2D eigenvalue weighted by Gasteiger charge is -2.42. The monoisotopic (exact) mass is 454 g/mol. The molecule has 2 aliphatic rings. The van der Waals surface area contributed by atoms with Gasteiger partial charge in [-0.1, -0.05) is 74.9 Å². The lowest BCUT2D eigenvalue weighted by atomic mass is 9.87. The SMILES string of the molecule is NC(=O)c1ccc2cc(C(=O)N(C3CCCCC3)C3CCCCC3)cc(-c3ccccc3)c2c1. The van der Waals surface area contributed by atoms with Gasteiger partial charge in [-0.25, -0.2) is 0 Å². The Hall–Kier alpha value is -3.14. The van der Waals surface area contributed by atoms with Crippen molar-refractivity contribution in [1.82, 2.24) is 4.90 Å². The molecule has 176 valence electrons. The molecule has 4 nitrogen and oxygen atoms in total. The molecule has 2 N–H and O–H groups in total. The predicted molar refractivity (Wildman–Crippen MR) is 138 cm³/mol. The first-order valence-corrected chi connectivity index (χ1v) is 12.9. The van der Waals surface area contributed by atoms with E-state index in [0.717, 1.165) is 53.1 Å². The average molecular weight is 455 g/mol. The molecule has 0 heterocycles. The molecule has 0 unspecified atom stereocenters. The third kappa shape index (κ3) is 4.59. The zero-order valence-electron chi connectivity index (χ0n) is 19.8. The number of fused-ring (bicyclic) bond motifs is 1. The lowest BCUT2D eigenvalue weighted by molar-refractivity contribution is 0.0448. The first kappa shape index (κ1) is 22.6. The van der Waals surface area contributed by atoms with E-state index in [0.29, 0.717) is 17.6 Å². The number of rotatable bonds is 5. The van der Waals surface area contributed by atoms with Crippen molar-refractivity contribution in [1.29, 1.82) is 0 Å². The van der Waals surface area contributed by atoms with Crippen molar-refractivity contribution in [2.75, 3.05) is 0 Å². The number of benzene rings is 3. The minimum absolute atomic E-state index is 0.164. The number of hydrogen-bond acceptors (Lipinski definition) is 2. The van der Waals surface area contributed by atoms with Gasteiger partial charge in [-0.2, -0.15) is 0 Å². The molecule has 34 heavy (non-hydrogen) atoms. The zero-order valence-corrected chi connectivity index (χ0v) is 19.8. The van der Waals surface area contributed by atoms with Gasteiger partial charge in [0.2, 0.25) is 5.91 Å². The second-order valence-electron chi connectivity index (χ2n) is 9.99. The summed E-state index contributed by atoms with van der Waals surface area (Å²) in [6, 6.07) is 20.4. The maximum absolute atomic E-state index is 14.2. The quantitative estimate of drug-likeness (QED) is 0.465. The van der Waals surface area contributed by atoms with Crippen molar-refractivity contribution >= 4 is 22.6 Å². The molecule has 3 aromatic carbocycles. The molecule has 0 atom stereocenters. The van der Waals surface area contributed by atoms with E-state index >= 15 is 0 Å². The summed E-state index contributed by atoms with van der Waals surface area (Å²) in [7, 11) is 0. The molecule has 0 bridgehead atoms. The summed E-state index contributed by atoms with van der Waals surface area (Å²) in [5.41, 5.74) is 8.81. The Balaban J connectivity index is 1.61. The van der Waals surface area contributed by atoms with E-state index in [-0.39, 0.29) is 5.91 Å². The number of carbonyl (C=O) groups is 2. The van der Waals surface area contributed by atoms with Gasteiger partial charge in [-0.05, 0) is 71.8 Å². The maximum Gasteiger partial charge on any atom is 0.254 e. The molecule has 0 radical (unpaired) electrons. The van der Waals surface area contributed by atoms with Gasteiger partial charge < -0.3 is 10.6 Å². The van der Waals surface area contributed by atoms with Gasteiger partial charge in [0, 0.05) is 23.2 Å². The van der Waals surface area contributed by atoms with Gasteiger partial charge >= 0.3 is 0 Å². The Morgan fingerprint density at radius 2 is 1.32 bits per heavy atom. The Kier molecular flexibility index (Phi) is 6.66. The Morgan fingerprint density at radius 1 is 0.706 bits per heavy atom. The van der Waals surface area contributed by atoms with Crippen LogP contribution in [0.1, 0.15) is 84.9 Å².